The van der Waals surface area contributed by atoms with Gasteiger partial charge in [0.05, 0.1) is 24.6 Å². The Kier molecular flexibility index (Phi) is 4.92. The number of benzene rings is 3. The van der Waals surface area contributed by atoms with E-state index < -0.39 is 0 Å². The summed E-state index contributed by atoms with van der Waals surface area (Å²) >= 11 is 0. The van der Waals surface area contributed by atoms with E-state index in [2.05, 4.69) is 10.6 Å². The van der Waals surface area contributed by atoms with Gasteiger partial charge in [-0.15, -0.1) is 0 Å². The van der Waals surface area contributed by atoms with Crippen LogP contribution in [-0.4, -0.2) is 19.1 Å². The largest absolute Gasteiger partial charge is 0.490 e. The van der Waals surface area contributed by atoms with E-state index >= 15 is 0 Å². The van der Waals surface area contributed by atoms with Crippen LogP contribution in [0.1, 0.15) is 16.8 Å². The molecule has 0 unspecified atom stereocenters. The summed E-state index contributed by atoms with van der Waals surface area (Å²) in [4.78, 5) is 12.8. The lowest BCUT2D eigenvalue weighted by atomic mass is 10.1. The highest BCUT2D eigenvalue weighted by Crippen LogP contribution is 2.31. The van der Waals surface area contributed by atoms with Gasteiger partial charge in [-0.1, -0.05) is 30.3 Å². The molecule has 0 radical (unpaired) electrons. The third kappa shape index (κ3) is 4.03. The molecule has 1 aliphatic rings. The lowest BCUT2D eigenvalue weighted by Gasteiger charge is -2.14. The Hall–Kier alpha value is -3.47. The van der Waals surface area contributed by atoms with Gasteiger partial charge in [0, 0.05) is 17.7 Å². The summed E-state index contributed by atoms with van der Waals surface area (Å²) in [5.41, 5.74) is 3.01. The second-order valence-electron chi connectivity index (χ2n) is 6.20. The summed E-state index contributed by atoms with van der Waals surface area (Å²) in [6.45, 7) is 1.21. The van der Waals surface area contributed by atoms with Gasteiger partial charge in [0.2, 0.25) is 0 Å². The highest BCUT2D eigenvalue weighted by Gasteiger charge is 2.15. The van der Waals surface area contributed by atoms with Gasteiger partial charge in [-0.25, -0.2) is 0 Å². The summed E-state index contributed by atoms with van der Waals surface area (Å²) in [7, 11) is 0. The van der Waals surface area contributed by atoms with E-state index in [1.165, 1.54) is 0 Å². The molecule has 0 bridgehead atoms. The molecular formula is C22H20N2O3. The number of rotatable bonds is 4. The van der Waals surface area contributed by atoms with Gasteiger partial charge < -0.3 is 20.1 Å². The van der Waals surface area contributed by atoms with Crippen LogP contribution in [0.5, 0.6) is 11.5 Å². The van der Waals surface area contributed by atoms with Crippen LogP contribution in [0.15, 0.2) is 72.8 Å². The summed E-state index contributed by atoms with van der Waals surface area (Å²) in [5, 5.41) is 6.30. The molecule has 136 valence electrons. The van der Waals surface area contributed by atoms with Gasteiger partial charge in [0.15, 0.2) is 11.5 Å². The molecule has 4 rings (SSSR count). The zero-order valence-electron chi connectivity index (χ0n) is 14.8. The van der Waals surface area contributed by atoms with Crippen molar-refractivity contribution in [1.29, 1.82) is 0 Å². The van der Waals surface area contributed by atoms with Crippen molar-refractivity contribution >= 4 is 23.0 Å². The third-order valence-corrected chi connectivity index (χ3v) is 4.24. The van der Waals surface area contributed by atoms with Crippen LogP contribution in [0, 0.1) is 0 Å². The number of hydrogen-bond acceptors (Lipinski definition) is 4. The zero-order valence-corrected chi connectivity index (χ0v) is 14.8. The molecule has 3 aromatic carbocycles. The predicted octanol–water partition coefficient (Wildman–Crippen LogP) is 4.84. The molecule has 0 saturated carbocycles. The first kappa shape index (κ1) is 17.0. The molecule has 5 heteroatoms. The fraction of sp³-hybridized carbons (Fsp3) is 0.136. The molecule has 0 atom stereocenters. The maximum absolute atomic E-state index is 12.8. The lowest BCUT2D eigenvalue weighted by molar-refractivity contribution is 0.102. The van der Waals surface area contributed by atoms with Crippen LogP contribution in [0.4, 0.5) is 17.1 Å². The zero-order chi connectivity index (χ0) is 18.5. The third-order valence-electron chi connectivity index (χ3n) is 4.24. The number of carbonyl (C=O) groups excluding carboxylic acids is 1. The molecule has 3 aromatic rings. The molecule has 0 aliphatic carbocycles. The van der Waals surface area contributed by atoms with Crippen molar-refractivity contribution in [2.45, 2.75) is 6.42 Å². The van der Waals surface area contributed by atoms with E-state index in [9.17, 15) is 4.79 Å². The van der Waals surface area contributed by atoms with Crippen molar-refractivity contribution in [3.05, 3.63) is 78.4 Å². The molecule has 0 aromatic heterocycles. The predicted molar refractivity (Wildman–Crippen MR) is 106 cm³/mol. The van der Waals surface area contributed by atoms with Crippen LogP contribution in [0.2, 0.25) is 0 Å². The number of ether oxygens (including phenoxy) is 2. The van der Waals surface area contributed by atoms with Crippen molar-refractivity contribution in [3.8, 4) is 11.5 Å². The molecular weight excluding hydrogens is 340 g/mol. The Labute approximate surface area is 157 Å². The topological polar surface area (TPSA) is 59.6 Å². The van der Waals surface area contributed by atoms with E-state index in [1.807, 2.05) is 54.6 Å². The Balaban J connectivity index is 1.54. The number of para-hydroxylation sites is 3. The van der Waals surface area contributed by atoms with Gasteiger partial charge in [-0.05, 0) is 42.5 Å². The Morgan fingerprint density at radius 2 is 1.48 bits per heavy atom. The average Bonchev–Trinajstić information content (AvgIpc) is 2.95. The first-order chi connectivity index (χ1) is 13.3. The second-order valence-corrected chi connectivity index (χ2v) is 6.20. The minimum absolute atomic E-state index is 0.201. The van der Waals surface area contributed by atoms with Crippen LogP contribution in [-0.2, 0) is 0 Å². The molecule has 27 heavy (non-hydrogen) atoms. The maximum atomic E-state index is 12.8. The van der Waals surface area contributed by atoms with Crippen molar-refractivity contribution in [3.63, 3.8) is 0 Å². The van der Waals surface area contributed by atoms with Crippen LogP contribution in [0.25, 0.3) is 0 Å². The molecule has 1 aliphatic heterocycles. The molecule has 0 saturated heterocycles. The quantitative estimate of drug-likeness (QED) is 0.699. The van der Waals surface area contributed by atoms with Crippen LogP contribution in [0.3, 0.4) is 0 Å². The minimum atomic E-state index is -0.201. The standard InChI is InChI=1S/C22H20N2O3/c25-22(16-11-12-20-21(15-16)27-14-6-13-26-20)24-19-10-5-4-9-18(19)23-17-7-2-1-3-8-17/h1-5,7-12,15,23H,6,13-14H2,(H,24,25). The number of nitrogens with one attached hydrogen (secondary N) is 2. The molecule has 0 spiro atoms. The second kappa shape index (κ2) is 7.83. The fourth-order valence-electron chi connectivity index (χ4n) is 2.88. The van der Waals surface area contributed by atoms with Crippen molar-refractivity contribution in [2.24, 2.45) is 0 Å². The molecule has 0 fully saturated rings. The molecule has 1 amide bonds. The summed E-state index contributed by atoms with van der Waals surface area (Å²) in [6.07, 6.45) is 0.828. The number of anilines is 3. The SMILES string of the molecule is O=C(Nc1ccccc1Nc1ccccc1)c1ccc2c(c1)OCCCO2. The smallest absolute Gasteiger partial charge is 0.255 e. The number of amides is 1. The minimum Gasteiger partial charge on any atom is -0.490 e. The highest BCUT2D eigenvalue weighted by molar-refractivity contribution is 6.06. The first-order valence-corrected chi connectivity index (χ1v) is 8.92. The van der Waals surface area contributed by atoms with Crippen molar-refractivity contribution in [2.75, 3.05) is 23.8 Å². The van der Waals surface area contributed by atoms with Crippen LogP contribution < -0.4 is 20.1 Å². The molecule has 5 nitrogen and oxygen atoms in total. The van der Waals surface area contributed by atoms with Crippen molar-refractivity contribution < 1.29 is 14.3 Å². The van der Waals surface area contributed by atoms with Crippen molar-refractivity contribution in [1.82, 2.24) is 0 Å². The lowest BCUT2D eigenvalue weighted by Crippen LogP contribution is -2.13. The Morgan fingerprint density at radius 1 is 0.778 bits per heavy atom. The summed E-state index contributed by atoms with van der Waals surface area (Å²) in [5.74, 6) is 1.08. The average molecular weight is 360 g/mol. The normalized spacial score (nSPS) is 12.7. The van der Waals surface area contributed by atoms with Gasteiger partial charge in [-0.2, -0.15) is 0 Å². The first-order valence-electron chi connectivity index (χ1n) is 8.92. The van der Waals surface area contributed by atoms with E-state index in [-0.39, 0.29) is 5.91 Å². The fourth-order valence-corrected chi connectivity index (χ4v) is 2.88. The van der Waals surface area contributed by atoms with E-state index in [0.717, 1.165) is 17.8 Å². The summed E-state index contributed by atoms with van der Waals surface area (Å²) < 4.78 is 11.3. The van der Waals surface area contributed by atoms with Gasteiger partial charge >= 0.3 is 0 Å². The Bertz CT molecular complexity index is 941. The van der Waals surface area contributed by atoms with E-state index in [1.54, 1.807) is 18.2 Å². The Morgan fingerprint density at radius 3 is 2.30 bits per heavy atom. The van der Waals surface area contributed by atoms with Gasteiger partial charge in [0.25, 0.3) is 5.91 Å². The number of carbonyl (C=O) groups is 1. The van der Waals surface area contributed by atoms with Gasteiger partial charge in [0.1, 0.15) is 0 Å². The van der Waals surface area contributed by atoms with E-state index in [0.29, 0.717) is 36.0 Å². The van der Waals surface area contributed by atoms with E-state index in [4.69, 9.17) is 9.47 Å². The maximum Gasteiger partial charge on any atom is 0.255 e. The van der Waals surface area contributed by atoms with Crippen LogP contribution >= 0.6 is 0 Å². The van der Waals surface area contributed by atoms with Gasteiger partial charge in [-0.3, -0.25) is 4.79 Å². The monoisotopic (exact) mass is 360 g/mol. The molecule has 1 heterocycles. The summed E-state index contributed by atoms with van der Waals surface area (Å²) in [6, 6.07) is 22.7. The number of fused-ring (bicyclic) bond motifs is 1. The molecule has 2 N–H and O–H groups in total. The number of hydrogen-bond donors (Lipinski definition) is 2. The highest BCUT2D eigenvalue weighted by atomic mass is 16.5.